The molecule has 2 heterocycles. The standard InChI is InChI=1S/C20H32N2O/c1-17(21(2)3)19-7-5-18(6-8-19)15-22-12-4-9-20(16-22)10-13-23-14-11-20/h5-8,17H,4,9-16H2,1-3H3. The van der Waals surface area contributed by atoms with Crippen LogP contribution in [0.3, 0.4) is 0 Å². The first-order valence-electron chi connectivity index (χ1n) is 9.13. The van der Waals surface area contributed by atoms with Gasteiger partial charge in [0.25, 0.3) is 0 Å². The average Bonchev–Trinajstić information content (AvgIpc) is 2.55. The van der Waals surface area contributed by atoms with E-state index in [1.807, 2.05) is 0 Å². The molecule has 2 aliphatic heterocycles. The summed E-state index contributed by atoms with van der Waals surface area (Å²) in [6.07, 6.45) is 5.24. The van der Waals surface area contributed by atoms with E-state index < -0.39 is 0 Å². The Morgan fingerprint density at radius 1 is 1.13 bits per heavy atom. The SMILES string of the molecule is CC(c1ccc(CN2CCCC3(CCOCC3)C2)cc1)N(C)C. The van der Waals surface area contributed by atoms with E-state index >= 15 is 0 Å². The molecule has 0 aliphatic carbocycles. The molecule has 0 N–H and O–H groups in total. The molecular formula is C20H32N2O. The molecule has 0 saturated carbocycles. The molecule has 2 fully saturated rings. The predicted molar refractivity (Wildman–Crippen MR) is 95.5 cm³/mol. The minimum Gasteiger partial charge on any atom is -0.381 e. The highest BCUT2D eigenvalue weighted by Crippen LogP contribution is 2.39. The average molecular weight is 316 g/mol. The van der Waals surface area contributed by atoms with Gasteiger partial charge in [0.2, 0.25) is 0 Å². The zero-order valence-corrected chi connectivity index (χ0v) is 15.1. The Morgan fingerprint density at radius 3 is 2.48 bits per heavy atom. The maximum Gasteiger partial charge on any atom is 0.0471 e. The molecule has 0 aromatic heterocycles. The van der Waals surface area contributed by atoms with Gasteiger partial charge in [-0.05, 0) is 69.8 Å². The van der Waals surface area contributed by atoms with Crippen molar-refractivity contribution in [1.82, 2.24) is 9.80 Å². The smallest absolute Gasteiger partial charge is 0.0471 e. The summed E-state index contributed by atoms with van der Waals surface area (Å²) >= 11 is 0. The van der Waals surface area contributed by atoms with Crippen molar-refractivity contribution in [2.45, 2.75) is 45.2 Å². The van der Waals surface area contributed by atoms with E-state index in [-0.39, 0.29) is 0 Å². The number of hydrogen-bond acceptors (Lipinski definition) is 3. The number of rotatable bonds is 4. The Kier molecular flexibility index (Phi) is 5.40. The number of ether oxygens (including phenoxy) is 1. The molecule has 1 spiro atoms. The minimum atomic E-state index is 0.476. The Labute approximate surface area is 141 Å². The van der Waals surface area contributed by atoms with E-state index in [4.69, 9.17) is 4.74 Å². The Morgan fingerprint density at radius 2 is 1.83 bits per heavy atom. The lowest BCUT2D eigenvalue weighted by Gasteiger charge is -2.45. The van der Waals surface area contributed by atoms with Crippen LogP contribution in [0.15, 0.2) is 24.3 Å². The summed E-state index contributed by atoms with van der Waals surface area (Å²) in [7, 11) is 4.28. The van der Waals surface area contributed by atoms with Gasteiger partial charge >= 0.3 is 0 Å². The van der Waals surface area contributed by atoms with Gasteiger partial charge in [0.05, 0.1) is 0 Å². The fourth-order valence-electron chi connectivity index (χ4n) is 4.12. The summed E-state index contributed by atoms with van der Waals surface area (Å²) in [5.41, 5.74) is 3.39. The number of hydrogen-bond donors (Lipinski definition) is 0. The lowest BCUT2D eigenvalue weighted by atomic mass is 9.74. The largest absolute Gasteiger partial charge is 0.381 e. The van der Waals surface area contributed by atoms with Crippen molar-refractivity contribution in [2.75, 3.05) is 40.4 Å². The summed E-state index contributed by atoms with van der Waals surface area (Å²) in [6, 6.07) is 9.72. The predicted octanol–water partition coefficient (Wildman–Crippen LogP) is 3.70. The van der Waals surface area contributed by atoms with Crippen LogP contribution in [0.4, 0.5) is 0 Å². The van der Waals surface area contributed by atoms with Crippen molar-refractivity contribution < 1.29 is 4.74 Å². The van der Waals surface area contributed by atoms with Crippen LogP contribution in [0.25, 0.3) is 0 Å². The van der Waals surface area contributed by atoms with Gasteiger partial charge in [-0.25, -0.2) is 0 Å². The second kappa shape index (κ2) is 7.33. The Hall–Kier alpha value is -0.900. The van der Waals surface area contributed by atoms with E-state index in [1.54, 1.807) is 0 Å². The lowest BCUT2D eigenvalue weighted by molar-refractivity contribution is -0.0291. The third kappa shape index (κ3) is 4.14. The maximum absolute atomic E-state index is 5.58. The van der Waals surface area contributed by atoms with Crippen molar-refractivity contribution in [3.63, 3.8) is 0 Å². The van der Waals surface area contributed by atoms with Crippen LogP contribution in [0.1, 0.15) is 49.8 Å². The van der Waals surface area contributed by atoms with Crippen molar-refractivity contribution >= 4 is 0 Å². The first-order chi connectivity index (χ1) is 11.1. The minimum absolute atomic E-state index is 0.476. The Balaban J connectivity index is 1.60. The molecule has 0 bridgehead atoms. The molecule has 1 aromatic carbocycles. The molecule has 128 valence electrons. The van der Waals surface area contributed by atoms with Crippen LogP contribution in [-0.2, 0) is 11.3 Å². The van der Waals surface area contributed by atoms with E-state index in [2.05, 4.69) is 55.1 Å². The second-order valence-corrected chi connectivity index (χ2v) is 7.81. The second-order valence-electron chi connectivity index (χ2n) is 7.81. The zero-order valence-electron chi connectivity index (χ0n) is 15.1. The summed E-state index contributed by atoms with van der Waals surface area (Å²) in [5.74, 6) is 0. The highest BCUT2D eigenvalue weighted by molar-refractivity contribution is 5.24. The van der Waals surface area contributed by atoms with Crippen molar-refractivity contribution in [1.29, 1.82) is 0 Å². The van der Waals surface area contributed by atoms with Crippen LogP contribution in [-0.4, -0.2) is 50.2 Å². The van der Waals surface area contributed by atoms with Crippen molar-refractivity contribution in [2.24, 2.45) is 5.41 Å². The van der Waals surface area contributed by atoms with E-state index in [1.165, 1.54) is 49.9 Å². The molecule has 3 nitrogen and oxygen atoms in total. The molecule has 0 amide bonds. The van der Waals surface area contributed by atoms with E-state index in [0.717, 1.165) is 19.8 Å². The molecule has 1 unspecified atom stereocenters. The maximum atomic E-state index is 5.58. The summed E-state index contributed by atoms with van der Waals surface area (Å²) in [5, 5.41) is 0. The van der Waals surface area contributed by atoms with Gasteiger partial charge in [-0.3, -0.25) is 4.90 Å². The number of likely N-dealkylation sites (tertiary alicyclic amines) is 1. The number of nitrogens with zero attached hydrogens (tertiary/aromatic N) is 2. The number of benzene rings is 1. The molecule has 1 atom stereocenters. The topological polar surface area (TPSA) is 15.7 Å². The van der Waals surface area contributed by atoms with Crippen LogP contribution in [0, 0.1) is 5.41 Å². The first kappa shape index (κ1) is 16.9. The quantitative estimate of drug-likeness (QED) is 0.842. The monoisotopic (exact) mass is 316 g/mol. The van der Waals surface area contributed by atoms with Gasteiger partial charge in [0, 0.05) is 32.3 Å². The van der Waals surface area contributed by atoms with Crippen LogP contribution >= 0.6 is 0 Å². The highest BCUT2D eigenvalue weighted by Gasteiger charge is 2.36. The van der Waals surface area contributed by atoms with Crippen LogP contribution in [0.5, 0.6) is 0 Å². The van der Waals surface area contributed by atoms with Crippen molar-refractivity contribution in [3.05, 3.63) is 35.4 Å². The molecule has 1 aromatic rings. The molecule has 2 saturated heterocycles. The third-order valence-corrected chi connectivity index (χ3v) is 5.94. The van der Waals surface area contributed by atoms with Gasteiger partial charge in [-0.2, -0.15) is 0 Å². The van der Waals surface area contributed by atoms with Gasteiger partial charge in [0.15, 0.2) is 0 Å². The summed E-state index contributed by atoms with van der Waals surface area (Å²) < 4.78 is 5.58. The van der Waals surface area contributed by atoms with Crippen LogP contribution < -0.4 is 0 Å². The molecule has 3 rings (SSSR count). The lowest BCUT2D eigenvalue weighted by Crippen LogP contribution is -2.45. The van der Waals surface area contributed by atoms with Gasteiger partial charge in [0.1, 0.15) is 0 Å². The number of piperidine rings is 1. The normalized spacial score (nSPS) is 23.3. The molecule has 2 aliphatic rings. The molecule has 0 radical (unpaired) electrons. The fourth-order valence-corrected chi connectivity index (χ4v) is 4.12. The van der Waals surface area contributed by atoms with E-state index in [9.17, 15) is 0 Å². The summed E-state index contributed by atoms with van der Waals surface area (Å²) in [6.45, 7) is 7.79. The summed E-state index contributed by atoms with van der Waals surface area (Å²) in [4.78, 5) is 4.92. The third-order valence-electron chi connectivity index (χ3n) is 5.94. The van der Waals surface area contributed by atoms with E-state index in [0.29, 0.717) is 11.5 Å². The molecule has 3 heteroatoms. The Bertz CT molecular complexity index is 485. The zero-order chi connectivity index (χ0) is 16.3. The highest BCUT2D eigenvalue weighted by atomic mass is 16.5. The molecular weight excluding hydrogens is 284 g/mol. The van der Waals surface area contributed by atoms with Gasteiger partial charge in [-0.1, -0.05) is 24.3 Å². The molecule has 23 heavy (non-hydrogen) atoms. The fraction of sp³-hybridized carbons (Fsp3) is 0.700. The van der Waals surface area contributed by atoms with Gasteiger partial charge < -0.3 is 9.64 Å². The first-order valence-corrected chi connectivity index (χ1v) is 9.13. The van der Waals surface area contributed by atoms with Gasteiger partial charge in [-0.15, -0.1) is 0 Å². The van der Waals surface area contributed by atoms with Crippen LogP contribution in [0.2, 0.25) is 0 Å². The van der Waals surface area contributed by atoms with Crippen molar-refractivity contribution in [3.8, 4) is 0 Å².